The second-order valence-electron chi connectivity index (χ2n) is 6.20. The van der Waals surface area contributed by atoms with Crippen LogP contribution in [0.15, 0.2) is 47.4 Å². The minimum absolute atomic E-state index is 0. The number of nitrogens with one attached hydrogen (secondary N) is 3. The predicted octanol–water partition coefficient (Wildman–Crippen LogP) is 3.56. The van der Waals surface area contributed by atoms with Crippen molar-refractivity contribution >= 4 is 51.3 Å². The topological polar surface area (TPSA) is 87.3 Å². The summed E-state index contributed by atoms with van der Waals surface area (Å²) in [7, 11) is -3.85. The molecule has 2 aromatic carbocycles. The van der Waals surface area contributed by atoms with Gasteiger partial charge in [0, 0.05) is 5.69 Å². The highest BCUT2D eigenvalue weighted by molar-refractivity contribution is 7.92. The van der Waals surface area contributed by atoms with E-state index in [9.17, 15) is 13.2 Å². The van der Waals surface area contributed by atoms with Gasteiger partial charge in [-0.05, 0) is 56.1 Å². The number of hydrogen-bond acceptors (Lipinski definition) is 4. The van der Waals surface area contributed by atoms with E-state index in [1.165, 1.54) is 6.07 Å². The molecule has 0 aromatic heterocycles. The standard InChI is InChI=1S/C18H20ClN3O3S.ClH/c1-12-8-9-13(21-18(23)16-7-4-10-20-16)11-17(12)26(24,25)22-15-6-3-2-5-14(15)19;/h2-3,5-6,8-9,11,16,20,22H,4,7,10H2,1H3,(H,21,23);1H. The largest absolute Gasteiger partial charge is 0.325 e. The van der Waals surface area contributed by atoms with Crippen LogP contribution in [0.4, 0.5) is 11.4 Å². The number of carbonyl (C=O) groups excluding carboxylic acids is 1. The number of anilines is 2. The molecular weight excluding hydrogens is 409 g/mol. The summed E-state index contributed by atoms with van der Waals surface area (Å²) < 4.78 is 28.0. The van der Waals surface area contributed by atoms with Crippen LogP contribution in [0.25, 0.3) is 0 Å². The molecule has 3 N–H and O–H groups in total. The zero-order chi connectivity index (χ0) is 18.7. The van der Waals surface area contributed by atoms with Crippen molar-refractivity contribution in [3.05, 3.63) is 53.1 Å². The Hall–Kier alpha value is -1.80. The lowest BCUT2D eigenvalue weighted by Gasteiger charge is -2.15. The maximum Gasteiger partial charge on any atom is 0.262 e. The molecule has 1 atom stereocenters. The smallest absolute Gasteiger partial charge is 0.262 e. The number of amides is 1. The summed E-state index contributed by atoms with van der Waals surface area (Å²) >= 11 is 6.04. The molecule has 1 fully saturated rings. The van der Waals surface area contributed by atoms with Gasteiger partial charge < -0.3 is 10.6 Å². The molecule has 1 heterocycles. The number of rotatable bonds is 5. The Balaban J connectivity index is 0.00000261. The highest BCUT2D eigenvalue weighted by atomic mass is 35.5. The fourth-order valence-corrected chi connectivity index (χ4v) is 4.44. The molecule has 1 unspecified atom stereocenters. The molecule has 3 rings (SSSR count). The van der Waals surface area contributed by atoms with Gasteiger partial charge in [-0.15, -0.1) is 12.4 Å². The Labute approximate surface area is 170 Å². The van der Waals surface area contributed by atoms with Gasteiger partial charge in [0.15, 0.2) is 0 Å². The minimum atomic E-state index is -3.85. The van der Waals surface area contributed by atoms with Crippen LogP contribution < -0.4 is 15.4 Å². The molecule has 0 saturated carbocycles. The van der Waals surface area contributed by atoms with E-state index >= 15 is 0 Å². The third-order valence-electron chi connectivity index (χ3n) is 4.24. The third-order valence-corrected chi connectivity index (χ3v) is 6.08. The summed E-state index contributed by atoms with van der Waals surface area (Å²) in [5.74, 6) is -0.159. The second kappa shape index (κ2) is 8.93. The minimum Gasteiger partial charge on any atom is -0.325 e. The van der Waals surface area contributed by atoms with Gasteiger partial charge in [-0.2, -0.15) is 0 Å². The van der Waals surface area contributed by atoms with E-state index < -0.39 is 10.0 Å². The van der Waals surface area contributed by atoms with Crippen molar-refractivity contribution in [1.29, 1.82) is 0 Å². The number of sulfonamides is 1. The number of halogens is 2. The molecule has 9 heteroatoms. The van der Waals surface area contributed by atoms with Gasteiger partial charge in [0.05, 0.1) is 21.6 Å². The number of carbonyl (C=O) groups is 1. The van der Waals surface area contributed by atoms with E-state index in [1.54, 1.807) is 43.3 Å². The van der Waals surface area contributed by atoms with Crippen molar-refractivity contribution in [2.75, 3.05) is 16.6 Å². The molecule has 146 valence electrons. The van der Waals surface area contributed by atoms with Gasteiger partial charge in [0.2, 0.25) is 5.91 Å². The molecule has 1 aliphatic heterocycles. The van der Waals surface area contributed by atoms with Crippen molar-refractivity contribution in [1.82, 2.24) is 5.32 Å². The quantitative estimate of drug-likeness (QED) is 0.677. The number of hydrogen-bond donors (Lipinski definition) is 3. The first-order chi connectivity index (χ1) is 12.4. The molecule has 1 amide bonds. The monoisotopic (exact) mass is 429 g/mol. The van der Waals surface area contributed by atoms with Crippen LogP contribution in [0.3, 0.4) is 0 Å². The maximum atomic E-state index is 12.8. The van der Waals surface area contributed by atoms with Crippen LogP contribution in [0, 0.1) is 6.92 Å². The average molecular weight is 430 g/mol. The Bertz CT molecular complexity index is 929. The van der Waals surface area contributed by atoms with Crippen LogP contribution in [0.2, 0.25) is 5.02 Å². The molecule has 1 aliphatic rings. The van der Waals surface area contributed by atoms with Crippen molar-refractivity contribution in [3.63, 3.8) is 0 Å². The van der Waals surface area contributed by atoms with Crippen LogP contribution >= 0.6 is 24.0 Å². The maximum absolute atomic E-state index is 12.8. The Morgan fingerprint density at radius 1 is 1.22 bits per heavy atom. The lowest BCUT2D eigenvalue weighted by atomic mass is 10.2. The molecule has 27 heavy (non-hydrogen) atoms. The number of aryl methyl sites for hydroxylation is 1. The van der Waals surface area contributed by atoms with E-state index in [-0.39, 0.29) is 29.3 Å². The van der Waals surface area contributed by atoms with E-state index in [0.717, 1.165) is 19.4 Å². The summed E-state index contributed by atoms with van der Waals surface area (Å²) in [6.07, 6.45) is 1.73. The summed E-state index contributed by atoms with van der Waals surface area (Å²) in [6.45, 7) is 2.51. The zero-order valence-electron chi connectivity index (χ0n) is 14.7. The summed E-state index contributed by atoms with van der Waals surface area (Å²) in [5, 5.41) is 6.20. The molecule has 0 spiro atoms. The summed E-state index contributed by atoms with van der Waals surface area (Å²) in [5.41, 5.74) is 1.31. The van der Waals surface area contributed by atoms with E-state index in [4.69, 9.17) is 11.6 Å². The van der Waals surface area contributed by atoms with Crippen LogP contribution in [0.5, 0.6) is 0 Å². The molecule has 6 nitrogen and oxygen atoms in total. The van der Waals surface area contributed by atoms with E-state index in [2.05, 4.69) is 15.4 Å². The normalized spacial score (nSPS) is 16.4. The fraction of sp³-hybridized carbons (Fsp3) is 0.278. The van der Waals surface area contributed by atoms with Crippen molar-refractivity contribution in [2.45, 2.75) is 30.7 Å². The molecule has 0 radical (unpaired) electrons. The highest BCUT2D eigenvalue weighted by Gasteiger charge is 2.23. The molecule has 0 aliphatic carbocycles. The number of benzene rings is 2. The third kappa shape index (κ3) is 5.13. The van der Waals surface area contributed by atoms with Crippen molar-refractivity contribution in [3.8, 4) is 0 Å². The van der Waals surface area contributed by atoms with Crippen LogP contribution in [-0.4, -0.2) is 26.9 Å². The summed E-state index contributed by atoms with van der Waals surface area (Å²) in [6, 6.07) is 11.2. The van der Waals surface area contributed by atoms with Crippen LogP contribution in [0.1, 0.15) is 18.4 Å². The van der Waals surface area contributed by atoms with Gasteiger partial charge in [0.1, 0.15) is 0 Å². The zero-order valence-corrected chi connectivity index (χ0v) is 17.0. The van der Waals surface area contributed by atoms with E-state index in [0.29, 0.717) is 22.0 Å². The highest BCUT2D eigenvalue weighted by Crippen LogP contribution is 2.27. The molecule has 2 aromatic rings. The molecule has 0 bridgehead atoms. The average Bonchev–Trinajstić information content (AvgIpc) is 3.13. The predicted molar refractivity (Wildman–Crippen MR) is 110 cm³/mol. The Morgan fingerprint density at radius 3 is 2.63 bits per heavy atom. The number of para-hydroxylation sites is 1. The first kappa shape index (κ1) is 21.5. The molecular formula is C18H21Cl2N3O3S. The summed E-state index contributed by atoms with van der Waals surface area (Å²) in [4.78, 5) is 12.3. The lowest BCUT2D eigenvalue weighted by Crippen LogP contribution is -2.35. The Morgan fingerprint density at radius 2 is 1.96 bits per heavy atom. The van der Waals surface area contributed by atoms with E-state index in [1.807, 2.05) is 0 Å². The second-order valence-corrected chi connectivity index (χ2v) is 8.26. The lowest BCUT2D eigenvalue weighted by molar-refractivity contribution is -0.117. The van der Waals surface area contributed by atoms with Gasteiger partial charge in [-0.3, -0.25) is 9.52 Å². The van der Waals surface area contributed by atoms with Crippen molar-refractivity contribution < 1.29 is 13.2 Å². The Kier molecular flexibility index (Phi) is 7.11. The van der Waals surface area contributed by atoms with Gasteiger partial charge in [-0.25, -0.2) is 8.42 Å². The molecule has 1 saturated heterocycles. The van der Waals surface area contributed by atoms with Gasteiger partial charge >= 0.3 is 0 Å². The van der Waals surface area contributed by atoms with Gasteiger partial charge in [-0.1, -0.05) is 29.8 Å². The van der Waals surface area contributed by atoms with Crippen molar-refractivity contribution in [2.24, 2.45) is 0 Å². The first-order valence-corrected chi connectivity index (χ1v) is 10.2. The SMILES string of the molecule is Cc1ccc(NC(=O)C2CCCN2)cc1S(=O)(=O)Nc1ccccc1Cl.Cl. The van der Waals surface area contributed by atoms with Gasteiger partial charge in [0.25, 0.3) is 10.0 Å². The fourth-order valence-electron chi connectivity index (χ4n) is 2.85. The van der Waals surface area contributed by atoms with Crippen LogP contribution in [-0.2, 0) is 14.8 Å². The first-order valence-electron chi connectivity index (χ1n) is 8.29.